The van der Waals surface area contributed by atoms with Crippen LogP contribution in [0.2, 0.25) is 0 Å². The van der Waals surface area contributed by atoms with Gasteiger partial charge < -0.3 is 10.2 Å². The lowest BCUT2D eigenvalue weighted by molar-refractivity contribution is 0.0832. The van der Waals surface area contributed by atoms with E-state index in [0.717, 1.165) is 0 Å². The lowest BCUT2D eigenvalue weighted by atomic mass is 10.2. The third-order valence-electron chi connectivity index (χ3n) is 1.85. The SMILES string of the molecule is CC(C)CN(NC(=O)c1ccc(Br)o1)C(N)=S. The van der Waals surface area contributed by atoms with E-state index in [1.807, 2.05) is 13.8 Å². The van der Waals surface area contributed by atoms with Crippen LogP contribution >= 0.6 is 28.1 Å². The first kappa shape index (κ1) is 14.0. The zero-order valence-corrected chi connectivity index (χ0v) is 12.0. The summed E-state index contributed by atoms with van der Waals surface area (Å²) in [6, 6.07) is 3.20. The molecule has 0 aliphatic carbocycles. The molecule has 94 valence electrons. The van der Waals surface area contributed by atoms with Crippen molar-refractivity contribution in [1.82, 2.24) is 10.4 Å². The van der Waals surface area contributed by atoms with Crippen molar-refractivity contribution in [3.05, 3.63) is 22.6 Å². The monoisotopic (exact) mass is 319 g/mol. The molecule has 0 aliphatic rings. The summed E-state index contributed by atoms with van der Waals surface area (Å²) in [5.41, 5.74) is 8.11. The van der Waals surface area contributed by atoms with Crippen molar-refractivity contribution in [2.24, 2.45) is 11.7 Å². The fourth-order valence-electron chi connectivity index (χ4n) is 1.17. The van der Waals surface area contributed by atoms with Crippen molar-refractivity contribution < 1.29 is 9.21 Å². The highest BCUT2D eigenvalue weighted by atomic mass is 79.9. The van der Waals surface area contributed by atoms with E-state index in [1.54, 1.807) is 12.1 Å². The Balaban J connectivity index is 2.67. The van der Waals surface area contributed by atoms with Crippen LogP contribution in [0.3, 0.4) is 0 Å². The summed E-state index contributed by atoms with van der Waals surface area (Å²) in [5.74, 6) is 0.131. The number of thiocarbonyl (C=S) groups is 1. The lowest BCUT2D eigenvalue weighted by Crippen LogP contribution is -2.50. The number of nitrogens with one attached hydrogen (secondary N) is 1. The van der Waals surface area contributed by atoms with E-state index in [9.17, 15) is 4.79 Å². The summed E-state index contributed by atoms with van der Waals surface area (Å²) in [6.07, 6.45) is 0. The van der Waals surface area contributed by atoms with Gasteiger partial charge in [-0.05, 0) is 46.2 Å². The molecule has 0 saturated heterocycles. The van der Waals surface area contributed by atoms with Crippen molar-refractivity contribution in [2.75, 3.05) is 6.54 Å². The van der Waals surface area contributed by atoms with Gasteiger partial charge in [-0.15, -0.1) is 0 Å². The molecule has 0 aromatic carbocycles. The third kappa shape index (κ3) is 4.35. The molecule has 17 heavy (non-hydrogen) atoms. The van der Waals surface area contributed by atoms with E-state index in [4.69, 9.17) is 22.4 Å². The molecule has 3 N–H and O–H groups in total. The zero-order valence-electron chi connectivity index (χ0n) is 9.57. The fraction of sp³-hybridized carbons (Fsp3) is 0.400. The number of hydrogen-bond donors (Lipinski definition) is 2. The maximum absolute atomic E-state index is 11.8. The Hall–Kier alpha value is -1.08. The molecule has 0 radical (unpaired) electrons. The van der Waals surface area contributed by atoms with Crippen LogP contribution in [-0.4, -0.2) is 22.6 Å². The molecular formula is C10H14BrN3O2S. The summed E-state index contributed by atoms with van der Waals surface area (Å²) in [7, 11) is 0. The Kier molecular flexibility index (Phi) is 4.95. The Morgan fingerprint density at radius 3 is 2.71 bits per heavy atom. The summed E-state index contributed by atoms with van der Waals surface area (Å²) >= 11 is 7.98. The Morgan fingerprint density at radius 2 is 2.29 bits per heavy atom. The molecule has 0 unspecified atom stereocenters. The maximum atomic E-state index is 11.8. The first-order valence-corrected chi connectivity index (χ1v) is 6.23. The number of hydrogen-bond acceptors (Lipinski definition) is 3. The molecule has 1 aromatic rings. The molecule has 0 fully saturated rings. The number of hydrazine groups is 1. The number of amides is 1. The third-order valence-corrected chi connectivity index (χ3v) is 2.49. The van der Waals surface area contributed by atoms with Crippen LogP contribution in [-0.2, 0) is 0 Å². The fourth-order valence-corrected chi connectivity index (χ4v) is 1.60. The summed E-state index contributed by atoms with van der Waals surface area (Å²) in [6.45, 7) is 4.55. The van der Waals surface area contributed by atoms with Gasteiger partial charge in [0.15, 0.2) is 15.5 Å². The standard InChI is InChI=1S/C10H14BrN3O2S/c1-6(2)5-14(10(12)17)13-9(15)7-3-4-8(11)16-7/h3-4,6H,5H2,1-2H3,(H2,12,17)(H,13,15). The minimum absolute atomic E-state index is 0.123. The lowest BCUT2D eigenvalue weighted by Gasteiger charge is -2.24. The molecule has 7 heteroatoms. The topological polar surface area (TPSA) is 71.5 Å². The molecule has 5 nitrogen and oxygen atoms in total. The summed E-state index contributed by atoms with van der Waals surface area (Å²) < 4.78 is 5.62. The number of nitrogens with zero attached hydrogens (tertiary/aromatic N) is 1. The predicted molar refractivity (Wildman–Crippen MR) is 72.2 cm³/mol. The van der Waals surface area contributed by atoms with Crippen molar-refractivity contribution in [2.45, 2.75) is 13.8 Å². The van der Waals surface area contributed by atoms with Gasteiger partial charge >= 0.3 is 5.91 Å². The highest BCUT2D eigenvalue weighted by Gasteiger charge is 2.16. The average Bonchev–Trinajstić information content (AvgIpc) is 2.63. The maximum Gasteiger partial charge on any atom is 0.305 e. The first-order valence-electron chi connectivity index (χ1n) is 5.03. The minimum atomic E-state index is -0.385. The van der Waals surface area contributed by atoms with Crippen LogP contribution in [0.15, 0.2) is 21.2 Å². The quantitative estimate of drug-likeness (QED) is 0.657. The number of rotatable bonds is 3. The van der Waals surface area contributed by atoms with Crippen LogP contribution in [0.5, 0.6) is 0 Å². The highest BCUT2D eigenvalue weighted by Crippen LogP contribution is 2.13. The molecule has 1 amide bonds. The minimum Gasteiger partial charge on any atom is -0.444 e. The molecule has 0 bridgehead atoms. The number of halogens is 1. The second kappa shape index (κ2) is 6.02. The molecular weight excluding hydrogens is 306 g/mol. The summed E-state index contributed by atoms with van der Waals surface area (Å²) in [5, 5.41) is 1.55. The van der Waals surface area contributed by atoms with Gasteiger partial charge in [0.1, 0.15) is 0 Å². The van der Waals surface area contributed by atoms with E-state index in [-0.39, 0.29) is 16.8 Å². The van der Waals surface area contributed by atoms with Crippen LogP contribution < -0.4 is 11.2 Å². The molecule has 0 saturated carbocycles. The van der Waals surface area contributed by atoms with Gasteiger partial charge in [0, 0.05) is 6.54 Å². The number of nitrogens with two attached hydrogens (primary N) is 1. The van der Waals surface area contributed by atoms with Gasteiger partial charge in [-0.1, -0.05) is 13.8 Å². The van der Waals surface area contributed by atoms with Gasteiger partial charge in [-0.2, -0.15) is 0 Å². The number of furan rings is 1. The van der Waals surface area contributed by atoms with Gasteiger partial charge in [0.25, 0.3) is 0 Å². The average molecular weight is 320 g/mol. The van der Waals surface area contributed by atoms with Crippen LogP contribution in [0, 0.1) is 5.92 Å². The Labute approximate surface area is 113 Å². The largest absolute Gasteiger partial charge is 0.444 e. The number of carbonyl (C=O) groups excluding carboxylic acids is 1. The molecule has 0 aliphatic heterocycles. The molecule has 1 rings (SSSR count). The molecule has 0 spiro atoms. The van der Waals surface area contributed by atoms with E-state index in [2.05, 4.69) is 21.4 Å². The van der Waals surface area contributed by atoms with Gasteiger partial charge in [0.05, 0.1) is 0 Å². The van der Waals surface area contributed by atoms with E-state index in [0.29, 0.717) is 17.1 Å². The van der Waals surface area contributed by atoms with Crippen LogP contribution in [0.4, 0.5) is 0 Å². The summed E-state index contributed by atoms with van der Waals surface area (Å²) in [4.78, 5) is 11.8. The smallest absolute Gasteiger partial charge is 0.305 e. The Bertz CT molecular complexity index is 419. The number of carbonyl (C=O) groups is 1. The van der Waals surface area contributed by atoms with Gasteiger partial charge in [-0.25, -0.2) is 0 Å². The zero-order chi connectivity index (χ0) is 13.0. The highest BCUT2D eigenvalue weighted by molar-refractivity contribution is 9.10. The van der Waals surface area contributed by atoms with E-state index < -0.39 is 0 Å². The van der Waals surface area contributed by atoms with E-state index >= 15 is 0 Å². The van der Waals surface area contributed by atoms with E-state index in [1.165, 1.54) is 5.01 Å². The van der Waals surface area contributed by atoms with Crippen LogP contribution in [0.25, 0.3) is 0 Å². The van der Waals surface area contributed by atoms with Crippen molar-refractivity contribution in [1.29, 1.82) is 0 Å². The normalized spacial score (nSPS) is 10.4. The second-order valence-electron chi connectivity index (χ2n) is 3.89. The van der Waals surface area contributed by atoms with Gasteiger partial charge in [0.2, 0.25) is 0 Å². The van der Waals surface area contributed by atoms with Crippen molar-refractivity contribution in [3.63, 3.8) is 0 Å². The molecule has 0 atom stereocenters. The second-order valence-corrected chi connectivity index (χ2v) is 5.09. The van der Waals surface area contributed by atoms with Gasteiger partial charge in [-0.3, -0.25) is 15.2 Å². The van der Waals surface area contributed by atoms with Crippen molar-refractivity contribution >= 4 is 39.2 Å². The predicted octanol–water partition coefficient (Wildman–Crippen LogP) is 1.89. The van der Waals surface area contributed by atoms with Crippen LogP contribution in [0.1, 0.15) is 24.4 Å². The molecule has 1 heterocycles. The Morgan fingerprint density at radius 1 is 1.65 bits per heavy atom. The van der Waals surface area contributed by atoms with Crippen molar-refractivity contribution in [3.8, 4) is 0 Å². The molecule has 1 aromatic heterocycles. The first-order chi connectivity index (χ1) is 7.90.